The lowest BCUT2D eigenvalue weighted by Crippen LogP contribution is -2.04. The van der Waals surface area contributed by atoms with Gasteiger partial charge in [0, 0.05) is 6.54 Å². The number of hydrogen-bond donors (Lipinski definition) is 1. The zero-order chi connectivity index (χ0) is 13.7. The molecule has 0 aliphatic heterocycles. The molecule has 4 heteroatoms. The molecule has 1 heterocycles. The fourth-order valence-electron chi connectivity index (χ4n) is 1.73. The summed E-state index contributed by atoms with van der Waals surface area (Å²) in [6.07, 6.45) is 3.47. The van der Waals surface area contributed by atoms with Crippen LogP contribution in [0.4, 0.5) is 5.82 Å². The molecule has 19 heavy (non-hydrogen) atoms. The largest absolute Gasteiger partial charge is 0.487 e. The molecule has 2 aromatic rings. The van der Waals surface area contributed by atoms with E-state index in [1.807, 2.05) is 19.1 Å². The predicted octanol–water partition coefficient (Wildman–Crippen LogP) is 3.10. The third kappa shape index (κ3) is 3.44. The maximum Gasteiger partial charge on any atom is 0.144 e. The van der Waals surface area contributed by atoms with E-state index in [1.165, 1.54) is 11.1 Å². The first-order chi connectivity index (χ1) is 9.20. The summed E-state index contributed by atoms with van der Waals surface area (Å²) >= 11 is 0. The highest BCUT2D eigenvalue weighted by molar-refractivity contribution is 5.38. The third-order valence-corrected chi connectivity index (χ3v) is 2.99. The molecule has 0 amide bonds. The Balaban J connectivity index is 2.00. The average Bonchev–Trinajstić information content (AvgIpc) is 2.42. The molecule has 1 aromatic carbocycles. The second-order valence-electron chi connectivity index (χ2n) is 4.41. The summed E-state index contributed by atoms with van der Waals surface area (Å²) in [5.74, 6) is 1.69. The van der Waals surface area contributed by atoms with Crippen molar-refractivity contribution in [1.82, 2.24) is 9.97 Å². The smallest absolute Gasteiger partial charge is 0.144 e. The van der Waals surface area contributed by atoms with E-state index in [1.54, 1.807) is 12.4 Å². The summed E-state index contributed by atoms with van der Waals surface area (Å²) in [5, 5.41) is 3.11. The van der Waals surface area contributed by atoms with Gasteiger partial charge in [-0.05, 0) is 38.0 Å². The van der Waals surface area contributed by atoms with E-state index in [4.69, 9.17) is 4.74 Å². The Hall–Kier alpha value is -2.10. The molecule has 0 spiro atoms. The van der Waals surface area contributed by atoms with Gasteiger partial charge in [0.1, 0.15) is 18.2 Å². The van der Waals surface area contributed by atoms with Crippen molar-refractivity contribution in [1.29, 1.82) is 0 Å². The molecule has 0 saturated carbocycles. The number of nitrogens with one attached hydrogen (secondary N) is 1. The molecule has 100 valence electrons. The van der Waals surface area contributed by atoms with E-state index in [-0.39, 0.29) is 0 Å². The third-order valence-electron chi connectivity index (χ3n) is 2.99. The second kappa shape index (κ2) is 6.18. The van der Waals surface area contributed by atoms with Crippen LogP contribution in [0, 0.1) is 13.8 Å². The average molecular weight is 257 g/mol. The lowest BCUT2D eigenvalue weighted by Gasteiger charge is -2.10. The predicted molar refractivity (Wildman–Crippen MR) is 76.4 cm³/mol. The lowest BCUT2D eigenvalue weighted by atomic mass is 10.1. The highest BCUT2D eigenvalue weighted by atomic mass is 16.5. The normalized spacial score (nSPS) is 10.3. The fraction of sp³-hybridized carbons (Fsp3) is 0.333. The zero-order valence-electron chi connectivity index (χ0n) is 11.6. The molecule has 0 saturated heterocycles. The van der Waals surface area contributed by atoms with Gasteiger partial charge >= 0.3 is 0 Å². The van der Waals surface area contributed by atoms with Crippen molar-refractivity contribution in [2.24, 2.45) is 0 Å². The Morgan fingerprint density at radius 1 is 1.16 bits per heavy atom. The Labute approximate surface area is 113 Å². The van der Waals surface area contributed by atoms with Gasteiger partial charge in [-0.2, -0.15) is 0 Å². The minimum absolute atomic E-state index is 0.434. The Morgan fingerprint density at radius 2 is 2.00 bits per heavy atom. The number of benzene rings is 1. The van der Waals surface area contributed by atoms with Crippen LogP contribution in [0.25, 0.3) is 0 Å². The van der Waals surface area contributed by atoms with Crippen LogP contribution in [-0.2, 0) is 6.61 Å². The SMILES string of the molecule is CCNc1cnc(COc2cccc(C)c2C)cn1. The number of aryl methyl sites for hydroxylation is 1. The zero-order valence-corrected chi connectivity index (χ0v) is 11.6. The highest BCUT2D eigenvalue weighted by Crippen LogP contribution is 2.21. The summed E-state index contributed by atoms with van der Waals surface area (Å²) in [6, 6.07) is 6.05. The summed E-state index contributed by atoms with van der Waals surface area (Å²) in [4.78, 5) is 8.58. The van der Waals surface area contributed by atoms with Crippen molar-refractivity contribution in [3.63, 3.8) is 0 Å². The standard InChI is InChI=1S/C15H19N3O/c1-4-16-15-9-17-13(8-18-15)10-19-14-7-5-6-11(2)12(14)3/h5-9H,4,10H2,1-3H3,(H,16,18). The van der Waals surface area contributed by atoms with Gasteiger partial charge in [-0.1, -0.05) is 12.1 Å². The number of ether oxygens (including phenoxy) is 1. The molecule has 1 aromatic heterocycles. The van der Waals surface area contributed by atoms with E-state index in [2.05, 4.69) is 35.2 Å². The van der Waals surface area contributed by atoms with Crippen molar-refractivity contribution < 1.29 is 4.74 Å². The minimum Gasteiger partial charge on any atom is -0.487 e. The van der Waals surface area contributed by atoms with Gasteiger partial charge in [-0.25, -0.2) is 4.98 Å². The van der Waals surface area contributed by atoms with E-state index in [9.17, 15) is 0 Å². The molecule has 0 atom stereocenters. The van der Waals surface area contributed by atoms with E-state index in [0.29, 0.717) is 6.61 Å². The van der Waals surface area contributed by atoms with Crippen LogP contribution in [0.1, 0.15) is 23.7 Å². The molecule has 1 N–H and O–H groups in total. The van der Waals surface area contributed by atoms with Gasteiger partial charge in [-0.3, -0.25) is 4.98 Å². The number of rotatable bonds is 5. The first kappa shape index (κ1) is 13.3. The molecule has 0 fully saturated rings. The van der Waals surface area contributed by atoms with Gasteiger partial charge < -0.3 is 10.1 Å². The quantitative estimate of drug-likeness (QED) is 0.894. The minimum atomic E-state index is 0.434. The molecule has 0 radical (unpaired) electrons. The highest BCUT2D eigenvalue weighted by Gasteiger charge is 2.03. The maximum absolute atomic E-state index is 5.78. The Bertz CT molecular complexity index is 538. The number of hydrogen-bond acceptors (Lipinski definition) is 4. The summed E-state index contributed by atoms with van der Waals surface area (Å²) < 4.78 is 5.78. The van der Waals surface area contributed by atoms with Crippen molar-refractivity contribution in [2.45, 2.75) is 27.4 Å². The molecular weight excluding hydrogens is 238 g/mol. The van der Waals surface area contributed by atoms with Crippen LogP contribution in [0.2, 0.25) is 0 Å². The molecule has 0 aliphatic rings. The van der Waals surface area contributed by atoms with Crippen LogP contribution < -0.4 is 10.1 Å². The van der Waals surface area contributed by atoms with Gasteiger partial charge in [-0.15, -0.1) is 0 Å². The van der Waals surface area contributed by atoms with E-state index < -0.39 is 0 Å². The Morgan fingerprint density at radius 3 is 2.68 bits per heavy atom. The maximum atomic E-state index is 5.78. The topological polar surface area (TPSA) is 47.0 Å². The summed E-state index contributed by atoms with van der Waals surface area (Å²) in [6.45, 7) is 7.44. The van der Waals surface area contributed by atoms with Crippen LogP contribution >= 0.6 is 0 Å². The van der Waals surface area contributed by atoms with E-state index >= 15 is 0 Å². The van der Waals surface area contributed by atoms with Crippen LogP contribution in [0.5, 0.6) is 5.75 Å². The van der Waals surface area contributed by atoms with Crippen molar-refractivity contribution >= 4 is 5.82 Å². The van der Waals surface area contributed by atoms with Gasteiger partial charge in [0.05, 0.1) is 18.1 Å². The lowest BCUT2D eigenvalue weighted by molar-refractivity contribution is 0.298. The van der Waals surface area contributed by atoms with Gasteiger partial charge in [0.2, 0.25) is 0 Å². The molecule has 2 rings (SSSR count). The Kier molecular flexibility index (Phi) is 4.34. The second-order valence-corrected chi connectivity index (χ2v) is 4.41. The fourth-order valence-corrected chi connectivity index (χ4v) is 1.73. The van der Waals surface area contributed by atoms with Crippen LogP contribution in [-0.4, -0.2) is 16.5 Å². The van der Waals surface area contributed by atoms with Gasteiger partial charge in [0.25, 0.3) is 0 Å². The molecule has 0 bridgehead atoms. The van der Waals surface area contributed by atoms with E-state index in [0.717, 1.165) is 23.8 Å². The van der Waals surface area contributed by atoms with Crippen molar-refractivity contribution in [3.8, 4) is 5.75 Å². The van der Waals surface area contributed by atoms with Crippen LogP contribution in [0.3, 0.4) is 0 Å². The molecular formula is C15H19N3O. The number of nitrogens with zero attached hydrogens (tertiary/aromatic N) is 2. The van der Waals surface area contributed by atoms with Crippen molar-refractivity contribution in [3.05, 3.63) is 47.4 Å². The first-order valence-corrected chi connectivity index (χ1v) is 6.44. The monoisotopic (exact) mass is 257 g/mol. The summed E-state index contributed by atoms with van der Waals surface area (Å²) in [7, 11) is 0. The van der Waals surface area contributed by atoms with Crippen LogP contribution in [0.15, 0.2) is 30.6 Å². The molecule has 4 nitrogen and oxygen atoms in total. The summed E-state index contributed by atoms with van der Waals surface area (Å²) in [5.41, 5.74) is 3.22. The molecule has 0 aliphatic carbocycles. The van der Waals surface area contributed by atoms with Crippen molar-refractivity contribution in [2.75, 3.05) is 11.9 Å². The van der Waals surface area contributed by atoms with Gasteiger partial charge in [0.15, 0.2) is 0 Å². The number of aromatic nitrogens is 2. The number of anilines is 1. The molecule has 0 unspecified atom stereocenters. The first-order valence-electron chi connectivity index (χ1n) is 6.44.